The first kappa shape index (κ1) is 20.1. The number of carbonyl (C=O) groups is 1. The summed E-state index contributed by atoms with van der Waals surface area (Å²) in [7, 11) is 0. The molecule has 2 aromatic carbocycles. The topological polar surface area (TPSA) is 54.5 Å². The lowest BCUT2D eigenvalue weighted by Crippen LogP contribution is -2.53. The van der Waals surface area contributed by atoms with Crippen molar-refractivity contribution in [3.05, 3.63) is 59.2 Å². The van der Waals surface area contributed by atoms with Gasteiger partial charge in [-0.25, -0.2) is 4.79 Å². The highest BCUT2D eigenvalue weighted by molar-refractivity contribution is 6.37. The van der Waals surface area contributed by atoms with E-state index in [1.165, 1.54) is 5.56 Å². The number of urea groups is 1. The van der Waals surface area contributed by atoms with Gasteiger partial charge in [0.25, 0.3) is 0 Å². The molecular formula is C25H26ClN3O2. The maximum absolute atomic E-state index is 12.1. The third-order valence-corrected chi connectivity index (χ3v) is 6.93. The van der Waals surface area contributed by atoms with E-state index in [9.17, 15) is 4.79 Å². The Labute approximate surface area is 187 Å². The van der Waals surface area contributed by atoms with Crippen LogP contribution in [0.2, 0.25) is 5.02 Å². The number of hydrogen-bond donors (Lipinski definition) is 1. The Bertz CT molecular complexity index is 1140. The number of benzene rings is 2. The van der Waals surface area contributed by atoms with Gasteiger partial charge < -0.3 is 15.0 Å². The summed E-state index contributed by atoms with van der Waals surface area (Å²) in [5, 5.41) is 4.62. The molecule has 0 unspecified atom stereocenters. The van der Waals surface area contributed by atoms with Crippen LogP contribution in [0.5, 0.6) is 5.75 Å². The van der Waals surface area contributed by atoms with E-state index < -0.39 is 0 Å². The monoisotopic (exact) mass is 435 g/mol. The lowest BCUT2D eigenvalue weighted by molar-refractivity contribution is -0.00543. The molecule has 0 bridgehead atoms. The predicted octanol–water partition coefficient (Wildman–Crippen LogP) is 5.44. The van der Waals surface area contributed by atoms with Crippen LogP contribution in [0.3, 0.4) is 0 Å². The van der Waals surface area contributed by atoms with E-state index >= 15 is 0 Å². The van der Waals surface area contributed by atoms with Gasteiger partial charge in [0.15, 0.2) is 0 Å². The standard InChI is InChI=1S/C25H26ClN3O2/c1-2-27-24(30)29-14-11-25(12-15-29)10-9-19-16-18(6-8-21(19)31-25)20-7-5-17-4-3-13-28-23(17)22(20)26/h3-8,13,16H,2,9-12,14-15H2,1H3,(H,27,30). The molecule has 0 radical (unpaired) electrons. The zero-order valence-electron chi connectivity index (χ0n) is 17.7. The van der Waals surface area contributed by atoms with E-state index in [1.54, 1.807) is 6.20 Å². The molecule has 1 fully saturated rings. The van der Waals surface area contributed by atoms with Crippen molar-refractivity contribution in [2.75, 3.05) is 19.6 Å². The van der Waals surface area contributed by atoms with Crippen molar-refractivity contribution in [2.45, 2.75) is 38.2 Å². The van der Waals surface area contributed by atoms with Gasteiger partial charge in [0.2, 0.25) is 0 Å². The molecule has 5 rings (SSSR count). The summed E-state index contributed by atoms with van der Waals surface area (Å²) >= 11 is 6.71. The Balaban J connectivity index is 1.36. The minimum absolute atomic E-state index is 0.0277. The Kier molecular flexibility index (Phi) is 5.22. The number of pyridine rings is 1. The molecule has 0 aliphatic carbocycles. The maximum atomic E-state index is 12.1. The average molecular weight is 436 g/mol. The van der Waals surface area contributed by atoms with Crippen molar-refractivity contribution in [3.63, 3.8) is 0 Å². The second-order valence-electron chi connectivity index (χ2n) is 8.43. The minimum atomic E-state index is -0.165. The van der Waals surface area contributed by atoms with Crippen LogP contribution >= 0.6 is 11.6 Å². The van der Waals surface area contributed by atoms with Gasteiger partial charge >= 0.3 is 6.03 Å². The van der Waals surface area contributed by atoms with E-state index in [0.29, 0.717) is 11.6 Å². The van der Waals surface area contributed by atoms with Crippen LogP contribution < -0.4 is 10.1 Å². The van der Waals surface area contributed by atoms with E-state index in [1.807, 2.05) is 24.0 Å². The summed E-state index contributed by atoms with van der Waals surface area (Å²) < 4.78 is 6.54. The van der Waals surface area contributed by atoms with Crippen molar-refractivity contribution in [3.8, 4) is 16.9 Å². The SMILES string of the molecule is CCNC(=O)N1CCC2(CCc3cc(-c4ccc5cccnc5c4Cl)ccc3O2)CC1. The van der Waals surface area contributed by atoms with Crippen molar-refractivity contribution in [1.82, 2.24) is 15.2 Å². The fourth-order valence-electron chi connectivity index (χ4n) is 4.75. The number of nitrogens with one attached hydrogen (secondary N) is 1. The molecular weight excluding hydrogens is 410 g/mol. The number of hydrogen-bond acceptors (Lipinski definition) is 3. The van der Waals surface area contributed by atoms with Gasteiger partial charge in [0.05, 0.1) is 10.5 Å². The molecule has 0 saturated carbocycles. The molecule has 2 aliphatic heterocycles. The summed E-state index contributed by atoms with van der Waals surface area (Å²) in [6.45, 7) is 4.07. The molecule has 2 amide bonds. The molecule has 3 heterocycles. The molecule has 1 spiro atoms. The van der Waals surface area contributed by atoms with Crippen LogP contribution in [-0.2, 0) is 6.42 Å². The van der Waals surface area contributed by atoms with Gasteiger partial charge in [-0.2, -0.15) is 0 Å². The first-order valence-electron chi connectivity index (χ1n) is 11.0. The Hall–Kier alpha value is -2.79. The van der Waals surface area contributed by atoms with Gasteiger partial charge in [0, 0.05) is 49.6 Å². The summed E-state index contributed by atoms with van der Waals surface area (Å²) in [4.78, 5) is 18.5. The van der Waals surface area contributed by atoms with Crippen molar-refractivity contribution in [2.24, 2.45) is 0 Å². The molecule has 6 heteroatoms. The number of likely N-dealkylation sites (tertiary alicyclic amines) is 1. The van der Waals surface area contributed by atoms with Crippen molar-refractivity contribution in [1.29, 1.82) is 0 Å². The second kappa shape index (κ2) is 8.04. The predicted molar refractivity (Wildman–Crippen MR) is 124 cm³/mol. The quantitative estimate of drug-likeness (QED) is 0.582. The zero-order valence-corrected chi connectivity index (χ0v) is 18.4. The number of piperidine rings is 1. The number of aromatic nitrogens is 1. The molecule has 1 N–H and O–H groups in total. The number of halogens is 1. The van der Waals surface area contributed by atoms with Crippen LogP contribution in [0.25, 0.3) is 22.0 Å². The number of carbonyl (C=O) groups excluding carboxylic acids is 1. The van der Waals surface area contributed by atoms with Gasteiger partial charge in [-0.15, -0.1) is 0 Å². The number of rotatable bonds is 2. The van der Waals surface area contributed by atoms with Gasteiger partial charge in [-0.1, -0.05) is 35.9 Å². The lowest BCUT2D eigenvalue weighted by Gasteiger charge is -2.44. The third-order valence-electron chi connectivity index (χ3n) is 6.55. The molecule has 3 aromatic rings. The normalized spacial score (nSPS) is 17.3. The Morgan fingerprint density at radius 3 is 2.84 bits per heavy atom. The lowest BCUT2D eigenvalue weighted by atomic mass is 9.82. The van der Waals surface area contributed by atoms with E-state index in [0.717, 1.165) is 66.6 Å². The Morgan fingerprint density at radius 1 is 1.19 bits per heavy atom. The molecule has 31 heavy (non-hydrogen) atoms. The summed E-state index contributed by atoms with van der Waals surface area (Å²) in [5.41, 5.74) is 3.95. The van der Waals surface area contributed by atoms with Gasteiger partial charge in [-0.05, 0) is 49.1 Å². The molecule has 2 aliphatic rings. The van der Waals surface area contributed by atoms with Crippen LogP contribution in [0.4, 0.5) is 4.79 Å². The Morgan fingerprint density at radius 2 is 2.03 bits per heavy atom. The second-order valence-corrected chi connectivity index (χ2v) is 8.81. The van der Waals surface area contributed by atoms with Gasteiger partial charge in [-0.3, -0.25) is 4.98 Å². The number of ether oxygens (including phenoxy) is 1. The zero-order chi connectivity index (χ0) is 21.4. The smallest absolute Gasteiger partial charge is 0.317 e. The molecule has 160 valence electrons. The first-order valence-corrected chi connectivity index (χ1v) is 11.3. The fraction of sp³-hybridized carbons (Fsp3) is 0.360. The highest BCUT2D eigenvalue weighted by Crippen LogP contribution is 2.42. The number of aryl methyl sites for hydroxylation is 1. The van der Waals surface area contributed by atoms with Crippen molar-refractivity contribution >= 4 is 28.5 Å². The average Bonchev–Trinajstić information content (AvgIpc) is 2.80. The van der Waals surface area contributed by atoms with Crippen LogP contribution in [0, 0.1) is 0 Å². The summed E-state index contributed by atoms with van der Waals surface area (Å²) in [6, 6.07) is 14.5. The maximum Gasteiger partial charge on any atom is 0.317 e. The highest BCUT2D eigenvalue weighted by atomic mass is 35.5. The minimum Gasteiger partial charge on any atom is -0.487 e. The molecule has 0 atom stereocenters. The summed E-state index contributed by atoms with van der Waals surface area (Å²) in [5.74, 6) is 0.955. The number of fused-ring (bicyclic) bond motifs is 2. The van der Waals surface area contributed by atoms with E-state index in [4.69, 9.17) is 16.3 Å². The first-order chi connectivity index (χ1) is 15.1. The summed E-state index contributed by atoms with van der Waals surface area (Å²) in [6.07, 6.45) is 5.45. The highest BCUT2D eigenvalue weighted by Gasteiger charge is 2.40. The number of nitrogens with zero attached hydrogens (tertiary/aromatic N) is 2. The third kappa shape index (κ3) is 3.72. The van der Waals surface area contributed by atoms with Crippen LogP contribution in [0.1, 0.15) is 31.7 Å². The number of amides is 2. The van der Waals surface area contributed by atoms with Crippen LogP contribution in [-0.4, -0.2) is 41.2 Å². The van der Waals surface area contributed by atoms with Crippen LogP contribution in [0.15, 0.2) is 48.7 Å². The van der Waals surface area contributed by atoms with E-state index in [2.05, 4.69) is 40.6 Å². The largest absolute Gasteiger partial charge is 0.487 e. The van der Waals surface area contributed by atoms with E-state index in [-0.39, 0.29) is 11.6 Å². The van der Waals surface area contributed by atoms with Gasteiger partial charge in [0.1, 0.15) is 11.4 Å². The van der Waals surface area contributed by atoms with Crippen molar-refractivity contribution < 1.29 is 9.53 Å². The molecule has 1 aromatic heterocycles. The molecule has 1 saturated heterocycles. The fourth-order valence-corrected chi connectivity index (χ4v) is 5.08. The molecule has 5 nitrogen and oxygen atoms in total.